The number of fused-ring (bicyclic) bond motifs is 1. The molecule has 35 heavy (non-hydrogen) atoms. The van der Waals surface area contributed by atoms with Gasteiger partial charge in [-0.3, -0.25) is 14.4 Å². The molecule has 3 aromatic rings. The summed E-state index contributed by atoms with van der Waals surface area (Å²) in [5.41, 5.74) is 3.46. The number of para-hydroxylation sites is 1. The first kappa shape index (κ1) is 23.7. The van der Waals surface area contributed by atoms with Crippen molar-refractivity contribution in [3.05, 3.63) is 69.7 Å². The van der Waals surface area contributed by atoms with Crippen LogP contribution in [0.4, 0.5) is 10.5 Å². The lowest BCUT2D eigenvalue weighted by atomic mass is 10.1. The molecule has 0 atom stereocenters. The molecule has 2 fully saturated rings. The number of hydrogen-bond donors (Lipinski definition) is 0. The number of aromatic nitrogens is 1. The van der Waals surface area contributed by atoms with E-state index in [-0.39, 0.29) is 23.6 Å². The van der Waals surface area contributed by atoms with Gasteiger partial charge in [-0.2, -0.15) is 0 Å². The first-order valence-corrected chi connectivity index (χ1v) is 13.1. The largest absolute Gasteiger partial charge is 0.341 e. The number of benzene rings is 2. The molecule has 0 aliphatic carbocycles. The van der Waals surface area contributed by atoms with Gasteiger partial charge in [-0.25, -0.2) is 4.90 Å². The Morgan fingerprint density at radius 2 is 1.80 bits per heavy atom. The summed E-state index contributed by atoms with van der Waals surface area (Å²) in [5.74, 6) is -0.249. The summed E-state index contributed by atoms with van der Waals surface area (Å²) in [4.78, 5) is 42.4. The van der Waals surface area contributed by atoms with E-state index in [9.17, 15) is 14.4 Å². The van der Waals surface area contributed by atoms with E-state index in [1.807, 2.05) is 27.8 Å². The number of piperidine rings is 1. The molecule has 1 aromatic heterocycles. The van der Waals surface area contributed by atoms with Crippen LogP contribution in [0.5, 0.6) is 0 Å². The Kier molecular flexibility index (Phi) is 6.71. The number of likely N-dealkylation sites (tertiary alicyclic amines) is 1. The molecular formula is C27H26ClN3O3S. The summed E-state index contributed by atoms with van der Waals surface area (Å²) in [7, 11) is 0. The van der Waals surface area contributed by atoms with E-state index in [1.54, 1.807) is 30.3 Å². The number of aryl methyl sites for hydroxylation is 1. The average Bonchev–Trinajstić information content (AvgIpc) is 3.36. The Labute approximate surface area is 213 Å². The first-order valence-electron chi connectivity index (χ1n) is 11.9. The molecule has 180 valence electrons. The minimum atomic E-state index is -0.362. The molecule has 2 aliphatic heterocycles. The van der Waals surface area contributed by atoms with Gasteiger partial charge >= 0.3 is 0 Å². The molecule has 2 aliphatic rings. The minimum absolute atomic E-state index is 0.113. The predicted molar refractivity (Wildman–Crippen MR) is 142 cm³/mol. The fourth-order valence-corrected chi connectivity index (χ4v) is 5.76. The van der Waals surface area contributed by atoms with Crippen molar-refractivity contribution in [3.8, 4) is 0 Å². The molecule has 0 N–H and O–H groups in total. The highest BCUT2D eigenvalue weighted by Crippen LogP contribution is 2.37. The number of amides is 3. The molecule has 0 unspecified atom stereocenters. The van der Waals surface area contributed by atoms with Crippen molar-refractivity contribution in [1.82, 2.24) is 9.47 Å². The van der Waals surface area contributed by atoms with Crippen molar-refractivity contribution >= 4 is 63.1 Å². The number of rotatable bonds is 5. The molecular weight excluding hydrogens is 482 g/mol. The minimum Gasteiger partial charge on any atom is -0.341 e. The van der Waals surface area contributed by atoms with Crippen molar-refractivity contribution < 1.29 is 14.4 Å². The number of carbonyl (C=O) groups is 3. The molecule has 3 amide bonds. The van der Waals surface area contributed by atoms with Crippen LogP contribution in [0.3, 0.4) is 0 Å². The average molecular weight is 508 g/mol. The van der Waals surface area contributed by atoms with E-state index in [0.717, 1.165) is 66.1 Å². The van der Waals surface area contributed by atoms with E-state index in [2.05, 4.69) is 13.0 Å². The zero-order valence-corrected chi connectivity index (χ0v) is 21.1. The third kappa shape index (κ3) is 4.62. The van der Waals surface area contributed by atoms with Gasteiger partial charge in [0.05, 0.1) is 16.1 Å². The van der Waals surface area contributed by atoms with Gasteiger partial charge in [0.2, 0.25) is 5.91 Å². The molecule has 0 saturated carbocycles. The number of nitrogens with zero attached hydrogens (tertiary/aromatic N) is 3. The maximum Gasteiger partial charge on any atom is 0.298 e. The van der Waals surface area contributed by atoms with Crippen LogP contribution in [-0.2, 0) is 22.6 Å². The van der Waals surface area contributed by atoms with Crippen LogP contribution in [0.2, 0.25) is 5.02 Å². The van der Waals surface area contributed by atoms with Crippen LogP contribution in [0, 0.1) is 0 Å². The van der Waals surface area contributed by atoms with Crippen LogP contribution in [0.25, 0.3) is 17.0 Å². The number of halogens is 1. The Bertz CT molecular complexity index is 1340. The zero-order valence-electron chi connectivity index (χ0n) is 19.5. The highest BCUT2D eigenvalue weighted by atomic mass is 35.5. The lowest BCUT2D eigenvalue weighted by Crippen LogP contribution is -2.37. The second-order valence-electron chi connectivity index (χ2n) is 8.81. The first-order chi connectivity index (χ1) is 17.0. The van der Waals surface area contributed by atoms with Crippen molar-refractivity contribution in [1.29, 1.82) is 0 Å². The molecule has 0 radical (unpaired) electrons. The van der Waals surface area contributed by atoms with Gasteiger partial charge in [-0.05, 0) is 73.4 Å². The van der Waals surface area contributed by atoms with Crippen molar-refractivity contribution in [2.75, 3.05) is 18.0 Å². The van der Waals surface area contributed by atoms with E-state index in [1.165, 1.54) is 11.3 Å². The van der Waals surface area contributed by atoms with Crippen LogP contribution >= 0.6 is 23.4 Å². The predicted octanol–water partition coefficient (Wildman–Crippen LogP) is 6.11. The van der Waals surface area contributed by atoms with E-state index < -0.39 is 0 Å². The second-order valence-corrected chi connectivity index (χ2v) is 10.2. The zero-order chi connectivity index (χ0) is 24.5. The molecule has 5 rings (SSSR count). The van der Waals surface area contributed by atoms with E-state index in [0.29, 0.717) is 15.6 Å². The smallest absolute Gasteiger partial charge is 0.298 e. The molecule has 2 aromatic carbocycles. The molecule has 6 nitrogen and oxygen atoms in total. The second kappa shape index (κ2) is 9.91. The lowest BCUT2D eigenvalue weighted by Gasteiger charge is -2.27. The Morgan fingerprint density at radius 3 is 2.51 bits per heavy atom. The Morgan fingerprint density at radius 1 is 1.06 bits per heavy atom. The Balaban J connectivity index is 1.50. The summed E-state index contributed by atoms with van der Waals surface area (Å²) >= 11 is 6.88. The maximum atomic E-state index is 13.2. The number of hydrogen-bond acceptors (Lipinski definition) is 4. The number of carbonyl (C=O) groups excluding carboxylic acids is 3. The van der Waals surface area contributed by atoms with Crippen LogP contribution in [-0.4, -0.2) is 39.6 Å². The third-order valence-corrected chi connectivity index (χ3v) is 7.69. The van der Waals surface area contributed by atoms with Crippen LogP contribution < -0.4 is 4.90 Å². The molecule has 3 heterocycles. The fourth-order valence-electron chi connectivity index (χ4n) is 4.80. The third-order valence-electron chi connectivity index (χ3n) is 6.57. The van der Waals surface area contributed by atoms with Crippen LogP contribution in [0.1, 0.15) is 37.3 Å². The standard InChI is InChI=1S/C27H26ClN3O3S/c1-2-18-7-6-8-22-19(16-30(25(18)22)17-24(32)29-13-4-3-5-14-29)15-23-26(33)31(27(34)35-23)21-11-9-20(28)10-12-21/h6-12,15-16H,2-5,13-14,17H2,1H3/b23-15-. The molecule has 2 saturated heterocycles. The van der Waals surface area contributed by atoms with Crippen molar-refractivity contribution in [3.63, 3.8) is 0 Å². The summed E-state index contributed by atoms with van der Waals surface area (Å²) in [6.45, 7) is 3.97. The molecule has 0 spiro atoms. The SMILES string of the molecule is CCc1cccc2c(/C=C3\SC(=O)N(c4ccc(Cl)cc4)C3=O)cn(CC(=O)N3CCCCC3)c12. The summed E-state index contributed by atoms with van der Waals surface area (Å²) in [6, 6.07) is 12.7. The van der Waals surface area contributed by atoms with Crippen molar-refractivity contribution in [2.24, 2.45) is 0 Å². The summed E-state index contributed by atoms with van der Waals surface area (Å²) in [6.07, 6.45) is 7.80. The Hall–Kier alpha value is -3.03. The summed E-state index contributed by atoms with van der Waals surface area (Å²) < 4.78 is 2.00. The normalized spacial score (nSPS) is 17.7. The van der Waals surface area contributed by atoms with Gasteiger partial charge in [-0.1, -0.05) is 36.7 Å². The quantitative estimate of drug-likeness (QED) is 0.391. The van der Waals surface area contributed by atoms with Gasteiger partial charge in [0.15, 0.2) is 0 Å². The van der Waals surface area contributed by atoms with Gasteiger partial charge in [0.25, 0.3) is 11.1 Å². The monoisotopic (exact) mass is 507 g/mol. The lowest BCUT2D eigenvalue weighted by molar-refractivity contribution is -0.132. The number of thioether (sulfide) groups is 1. The van der Waals surface area contributed by atoms with Gasteiger partial charge < -0.3 is 9.47 Å². The van der Waals surface area contributed by atoms with Gasteiger partial charge in [-0.15, -0.1) is 0 Å². The van der Waals surface area contributed by atoms with Gasteiger partial charge in [0, 0.05) is 35.3 Å². The highest BCUT2D eigenvalue weighted by Gasteiger charge is 2.36. The topological polar surface area (TPSA) is 62.6 Å². The number of imide groups is 1. The molecule has 8 heteroatoms. The maximum absolute atomic E-state index is 13.2. The highest BCUT2D eigenvalue weighted by molar-refractivity contribution is 8.19. The fraction of sp³-hybridized carbons (Fsp3) is 0.296. The summed E-state index contributed by atoms with van der Waals surface area (Å²) in [5, 5.41) is 1.16. The molecule has 0 bridgehead atoms. The van der Waals surface area contributed by atoms with E-state index in [4.69, 9.17) is 11.6 Å². The van der Waals surface area contributed by atoms with E-state index >= 15 is 0 Å². The van der Waals surface area contributed by atoms with Gasteiger partial charge in [0.1, 0.15) is 6.54 Å². The van der Waals surface area contributed by atoms with Crippen LogP contribution in [0.15, 0.2) is 53.6 Å². The van der Waals surface area contributed by atoms with Crippen molar-refractivity contribution in [2.45, 2.75) is 39.2 Å². The number of anilines is 1.